The Kier molecular flexibility index (Phi) is 5.17. The number of amides is 3. The molecule has 0 radical (unpaired) electrons. The lowest BCUT2D eigenvalue weighted by Gasteiger charge is -2.30. The molecule has 3 aliphatic rings. The molecule has 3 amide bonds. The lowest BCUT2D eigenvalue weighted by atomic mass is 9.76. The van der Waals surface area contributed by atoms with E-state index in [0.29, 0.717) is 48.2 Å². The molecule has 1 aromatic carbocycles. The minimum atomic E-state index is -1.27. The summed E-state index contributed by atoms with van der Waals surface area (Å²) in [7, 11) is 1.59. The number of carbonyl (C=O) groups excluding carboxylic acids is 3. The van der Waals surface area contributed by atoms with Crippen LogP contribution in [0.2, 0.25) is 5.02 Å². The number of hydrogen-bond acceptors (Lipinski definition) is 5. The molecule has 1 spiro atoms. The number of benzene rings is 1. The Balaban J connectivity index is 1.79. The molecule has 2 N–H and O–H groups in total. The third-order valence-corrected chi connectivity index (χ3v) is 6.56. The number of nitrogens with zero attached hydrogens (tertiary/aromatic N) is 1. The molecular formula is C21H26ClN3O4. The van der Waals surface area contributed by atoms with Crippen LogP contribution < -0.4 is 10.6 Å². The predicted molar refractivity (Wildman–Crippen MR) is 108 cm³/mol. The first-order valence-corrected chi connectivity index (χ1v) is 10.4. The molecule has 3 heterocycles. The minimum absolute atomic E-state index is 0.200. The highest BCUT2D eigenvalue weighted by atomic mass is 35.5. The van der Waals surface area contributed by atoms with Crippen LogP contribution in [0, 0.1) is 17.8 Å². The highest BCUT2D eigenvalue weighted by Crippen LogP contribution is 2.54. The van der Waals surface area contributed by atoms with E-state index >= 15 is 0 Å². The van der Waals surface area contributed by atoms with Gasteiger partial charge in [0.15, 0.2) is 0 Å². The SMILES string of the molecule is COCCCN1C(=O)[C@@H]2C(CC(C)C)NC3(C(=O)Nc4c(Cl)cccc43)[C@@H]2C1=O. The standard InChI is InChI=1S/C21H26ClN3O4/c1-11(2)10-14-15-16(19(27)25(18(15)26)8-5-9-29-3)21(24-14)12-6-4-7-13(22)17(12)23-20(21)28/h4,6-7,11,14-16,24H,5,8-10H2,1-3H3,(H,23,28)/t14?,15-,16+,21?/m1/s1. The lowest BCUT2D eigenvalue weighted by molar-refractivity contribution is -0.143. The number of carbonyl (C=O) groups is 3. The van der Waals surface area contributed by atoms with E-state index in [9.17, 15) is 14.4 Å². The summed E-state index contributed by atoms with van der Waals surface area (Å²) in [5.74, 6) is -1.85. The van der Waals surface area contributed by atoms with E-state index in [4.69, 9.17) is 16.3 Å². The van der Waals surface area contributed by atoms with Crippen LogP contribution >= 0.6 is 11.6 Å². The number of para-hydroxylation sites is 1. The Bertz CT molecular complexity index is 873. The highest BCUT2D eigenvalue weighted by Gasteiger charge is 2.70. The molecule has 2 fully saturated rings. The van der Waals surface area contributed by atoms with Gasteiger partial charge in [-0.1, -0.05) is 37.6 Å². The summed E-state index contributed by atoms with van der Waals surface area (Å²) in [6.07, 6.45) is 1.26. The minimum Gasteiger partial charge on any atom is -0.385 e. The zero-order valence-electron chi connectivity index (χ0n) is 16.8. The summed E-state index contributed by atoms with van der Waals surface area (Å²) in [5.41, 5.74) is -0.0995. The maximum Gasteiger partial charge on any atom is 0.250 e. The van der Waals surface area contributed by atoms with E-state index in [1.807, 2.05) is 6.07 Å². The van der Waals surface area contributed by atoms with Gasteiger partial charge in [-0.25, -0.2) is 0 Å². The summed E-state index contributed by atoms with van der Waals surface area (Å²) in [6.45, 7) is 4.90. The first-order valence-electron chi connectivity index (χ1n) is 10.0. The van der Waals surface area contributed by atoms with E-state index in [1.165, 1.54) is 4.90 Å². The van der Waals surface area contributed by atoms with Gasteiger partial charge in [-0.3, -0.25) is 24.6 Å². The number of likely N-dealkylation sites (tertiary alicyclic amines) is 1. The second-order valence-electron chi connectivity index (χ2n) is 8.48. The first kappa shape index (κ1) is 20.3. The van der Waals surface area contributed by atoms with Gasteiger partial charge in [-0.15, -0.1) is 0 Å². The molecule has 0 aliphatic carbocycles. The molecule has 4 atom stereocenters. The second kappa shape index (κ2) is 7.38. The molecule has 29 heavy (non-hydrogen) atoms. The summed E-state index contributed by atoms with van der Waals surface area (Å²) in [5, 5.41) is 6.69. The van der Waals surface area contributed by atoms with Crippen molar-refractivity contribution >= 4 is 35.0 Å². The third kappa shape index (κ3) is 2.90. The van der Waals surface area contributed by atoms with Gasteiger partial charge in [-0.2, -0.15) is 0 Å². The molecule has 7 nitrogen and oxygen atoms in total. The molecule has 156 valence electrons. The number of methoxy groups -OCH3 is 1. The second-order valence-corrected chi connectivity index (χ2v) is 8.89. The van der Waals surface area contributed by atoms with Gasteiger partial charge in [0.2, 0.25) is 17.7 Å². The number of fused-ring (bicyclic) bond motifs is 4. The topological polar surface area (TPSA) is 87.7 Å². The molecule has 0 aromatic heterocycles. The maximum absolute atomic E-state index is 13.4. The first-order chi connectivity index (χ1) is 13.8. The molecule has 1 aromatic rings. The number of nitrogens with one attached hydrogen (secondary N) is 2. The van der Waals surface area contributed by atoms with E-state index in [-0.39, 0.29) is 23.8 Å². The summed E-state index contributed by atoms with van der Waals surface area (Å²) in [6, 6.07) is 5.02. The van der Waals surface area contributed by atoms with Gasteiger partial charge in [0.1, 0.15) is 5.54 Å². The van der Waals surface area contributed by atoms with Crippen molar-refractivity contribution in [1.29, 1.82) is 0 Å². The van der Waals surface area contributed by atoms with Crippen LogP contribution in [-0.2, 0) is 24.7 Å². The third-order valence-electron chi connectivity index (χ3n) is 6.25. The number of halogens is 1. The largest absolute Gasteiger partial charge is 0.385 e. The van der Waals surface area contributed by atoms with E-state index in [1.54, 1.807) is 19.2 Å². The molecule has 0 saturated carbocycles. The quantitative estimate of drug-likeness (QED) is 0.545. The fraction of sp³-hybridized carbons (Fsp3) is 0.571. The van der Waals surface area contributed by atoms with Crippen molar-refractivity contribution in [2.75, 3.05) is 25.6 Å². The van der Waals surface area contributed by atoms with Crippen LogP contribution in [0.5, 0.6) is 0 Å². The van der Waals surface area contributed by atoms with Crippen LogP contribution in [0.15, 0.2) is 18.2 Å². The smallest absolute Gasteiger partial charge is 0.250 e. The van der Waals surface area contributed by atoms with Gasteiger partial charge in [0.25, 0.3) is 0 Å². The van der Waals surface area contributed by atoms with Crippen molar-refractivity contribution in [2.45, 2.75) is 38.3 Å². The van der Waals surface area contributed by atoms with Gasteiger partial charge < -0.3 is 10.1 Å². The highest BCUT2D eigenvalue weighted by molar-refractivity contribution is 6.35. The number of ether oxygens (including phenoxy) is 1. The monoisotopic (exact) mass is 419 g/mol. The Morgan fingerprint density at radius 1 is 1.24 bits per heavy atom. The van der Waals surface area contributed by atoms with Gasteiger partial charge in [0, 0.05) is 31.9 Å². The lowest BCUT2D eigenvalue weighted by Crippen LogP contribution is -2.53. The zero-order chi connectivity index (χ0) is 20.9. The maximum atomic E-state index is 13.4. The Hall–Kier alpha value is -1.96. The van der Waals surface area contributed by atoms with E-state index in [2.05, 4.69) is 24.5 Å². The molecule has 3 aliphatic heterocycles. The summed E-state index contributed by atoms with van der Waals surface area (Å²) in [4.78, 5) is 41.3. The van der Waals surface area contributed by atoms with Gasteiger partial charge in [0.05, 0.1) is 22.5 Å². The molecular weight excluding hydrogens is 394 g/mol. The van der Waals surface area contributed by atoms with Crippen molar-refractivity contribution < 1.29 is 19.1 Å². The number of anilines is 1. The number of rotatable bonds is 6. The molecule has 8 heteroatoms. The average molecular weight is 420 g/mol. The van der Waals surface area contributed by atoms with Crippen molar-refractivity contribution in [3.05, 3.63) is 28.8 Å². The van der Waals surface area contributed by atoms with Gasteiger partial charge >= 0.3 is 0 Å². The van der Waals surface area contributed by atoms with Crippen LogP contribution in [-0.4, -0.2) is 48.9 Å². The normalized spacial score (nSPS) is 30.4. The van der Waals surface area contributed by atoms with E-state index < -0.39 is 17.4 Å². The summed E-state index contributed by atoms with van der Waals surface area (Å²) < 4.78 is 5.07. The molecule has 0 bridgehead atoms. The van der Waals surface area contributed by atoms with Crippen molar-refractivity contribution in [1.82, 2.24) is 10.2 Å². The van der Waals surface area contributed by atoms with Crippen molar-refractivity contribution in [3.8, 4) is 0 Å². The Morgan fingerprint density at radius 3 is 2.69 bits per heavy atom. The Morgan fingerprint density at radius 2 is 2.00 bits per heavy atom. The molecule has 2 unspecified atom stereocenters. The fourth-order valence-corrected chi connectivity index (χ4v) is 5.37. The van der Waals surface area contributed by atoms with E-state index in [0.717, 1.165) is 0 Å². The van der Waals surface area contributed by atoms with Crippen LogP contribution in [0.4, 0.5) is 5.69 Å². The van der Waals surface area contributed by atoms with Crippen molar-refractivity contribution in [3.63, 3.8) is 0 Å². The number of hydrogen-bond donors (Lipinski definition) is 2. The van der Waals surface area contributed by atoms with Crippen LogP contribution in [0.1, 0.15) is 32.3 Å². The average Bonchev–Trinajstić information content (AvgIpc) is 3.23. The predicted octanol–water partition coefficient (Wildman–Crippen LogP) is 2.14. The van der Waals surface area contributed by atoms with Crippen molar-refractivity contribution in [2.24, 2.45) is 17.8 Å². The Labute approximate surface area is 175 Å². The van der Waals surface area contributed by atoms with Gasteiger partial charge in [-0.05, 0) is 24.8 Å². The fourth-order valence-electron chi connectivity index (χ4n) is 5.15. The molecule has 4 rings (SSSR count). The number of imide groups is 1. The van der Waals surface area contributed by atoms with Crippen LogP contribution in [0.3, 0.4) is 0 Å². The molecule has 2 saturated heterocycles. The summed E-state index contributed by atoms with van der Waals surface area (Å²) >= 11 is 6.32. The zero-order valence-corrected chi connectivity index (χ0v) is 17.6. The van der Waals surface area contributed by atoms with Crippen LogP contribution in [0.25, 0.3) is 0 Å².